The molecule has 44 heavy (non-hydrogen) atoms. The van der Waals surface area contributed by atoms with Gasteiger partial charge in [-0.15, -0.1) is 0 Å². The van der Waals surface area contributed by atoms with Gasteiger partial charge in [-0.25, -0.2) is 18.4 Å². The van der Waals surface area contributed by atoms with Crippen molar-refractivity contribution in [2.24, 2.45) is 0 Å². The van der Waals surface area contributed by atoms with Crippen LogP contribution in [0.4, 0.5) is 20.2 Å². The van der Waals surface area contributed by atoms with Gasteiger partial charge in [-0.3, -0.25) is 20.2 Å². The molecule has 0 aromatic heterocycles. The van der Waals surface area contributed by atoms with Crippen LogP contribution in [0.3, 0.4) is 0 Å². The summed E-state index contributed by atoms with van der Waals surface area (Å²) in [5, 5.41) is 39.0. The Hall–Kier alpha value is -4.20. The molecule has 0 spiro atoms. The number of halogens is 2. The molecule has 2 aromatic carbocycles. The monoisotopic (exact) mass is 630 g/mol. The molecule has 240 valence electrons. The largest absolute Gasteiger partial charge is 0.459 e. The minimum Gasteiger partial charge on any atom is -0.459 e. The third kappa shape index (κ3) is 8.24. The molecule has 2 aliphatic rings. The molecule has 16 nitrogen and oxygen atoms in total. The second-order valence-electron chi connectivity index (χ2n) is 9.20. The third-order valence-electron chi connectivity index (χ3n) is 6.42. The van der Waals surface area contributed by atoms with Crippen molar-refractivity contribution in [3.05, 3.63) is 79.9 Å². The number of hydrogen-bond acceptors (Lipinski definition) is 14. The van der Waals surface area contributed by atoms with Gasteiger partial charge in [0.05, 0.1) is 27.6 Å². The molecular formula is C26H28F2N2O14. The van der Waals surface area contributed by atoms with Gasteiger partial charge in [0.25, 0.3) is 11.4 Å². The molecule has 2 fully saturated rings. The molecule has 0 aliphatic carbocycles. The normalized spacial score (nSPS) is 27.6. The highest BCUT2D eigenvalue weighted by atomic mass is 19.1. The molecular weight excluding hydrogens is 602 g/mol. The number of esters is 2. The molecule has 0 bridgehead atoms. The van der Waals surface area contributed by atoms with Gasteiger partial charge >= 0.3 is 11.9 Å². The van der Waals surface area contributed by atoms with Gasteiger partial charge < -0.3 is 38.6 Å². The second-order valence-corrected chi connectivity index (χ2v) is 9.20. The van der Waals surface area contributed by atoms with Crippen LogP contribution >= 0.6 is 0 Å². The van der Waals surface area contributed by atoms with Crippen LogP contribution < -0.4 is 0 Å². The number of aliphatic hydroxyl groups excluding tert-OH is 2. The molecule has 2 aromatic rings. The fourth-order valence-electron chi connectivity index (χ4n) is 4.05. The van der Waals surface area contributed by atoms with Gasteiger partial charge in [-0.1, -0.05) is 0 Å². The minimum atomic E-state index is -1.90. The Kier molecular flexibility index (Phi) is 12.1. The Morgan fingerprint density at radius 3 is 1.68 bits per heavy atom. The average molecular weight is 631 g/mol. The summed E-state index contributed by atoms with van der Waals surface area (Å²) in [5.74, 6) is -1.82. The number of carbonyl (C=O) groups is 2. The van der Waals surface area contributed by atoms with Crippen molar-refractivity contribution in [1.82, 2.24) is 0 Å². The topological polar surface area (TPSA) is 216 Å². The van der Waals surface area contributed by atoms with E-state index in [0.29, 0.717) is 0 Å². The van der Waals surface area contributed by atoms with E-state index in [0.717, 1.165) is 36.4 Å². The zero-order chi connectivity index (χ0) is 32.6. The Morgan fingerprint density at radius 1 is 0.818 bits per heavy atom. The fourth-order valence-corrected chi connectivity index (χ4v) is 4.05. The summed E-state index contributed by atoms with van der Waals surface area (Å²) < 4.78 is 57.3. The number of nitrogens with zero attached hydrogens (tertiary/aromatic N) is 2. The number of carbonyl (C=O) groups excluding carboxylic acids is 2. The molecule has 2 saturated heterocycles. The van der Waals surface area contributed by atoms with Gasteiger partial charge in [0, 0.05) is 38.5 Å². The summed E-state index contributed by atoms with van der Waals surface area (Å²) in [5.41, 5.74) is -0.505. The number of benzene rings is 2. The van der Waals surface area contributed by atoms with Crippen molar-refractivity contribution in [3.8, 4) is 0 Å². The van der Waals surface area contributed by atoms with Gasteiger partial charge in [-0.05, 0) is 24.3 Å². The lowest BCUT2D eigenvalue weighted by Crippen LogP contribution is -2.37. The second kappa shape index (κ2) is 15.5. The summed E-state index contributed by atoms with van der Waals surface area (Å²) >= 11 is 0. The van der Waals surface area contributed by atoms with Crippen molar-refractivity contribution < 1.29 is 66.9 Å². The van der Waals surface area contributed by atoms with E-state index in [1.165, 1.54) is 26.4 Å². The first-order valence-corrected chi connectivity index (χ1v) is 12.7. The first kappa shape index (κ1) is 34.3. The van der Waals surface area contributed by atoms with Crippen LogP contribution in [-0.4, -0.2) is 109 Å². The van der Waals surface area contributed by atoms with Crippen LogP contribution in [0.2, 0.25) is 0 Å². The minimum absolute atomic E-state index is 0.0121. The molecule has 2 N–H and O–H groups in total. The number of alkyl halides is 2. The zero-order valence-electron chi connectivity index (χ0n) is 23.1. The van der Waals surface area contributed by atoms with E-state index in [4.69, 9.17) is 33.9 Å². The Morgan fingerprint density at radius 2 is 1.27 bits per heavy atom. The Balaban J connectivity index is 0.000000404. The Labute approximate surface area is 247 Å². The lowest BCUT2D eigenvalue weighted by molar-refractivity contribution is -0.385. The lowest BCUT2D eigenvalue weighted by atomic mass is 10.1. The number of aliphatic hydroxyl groups is 2. The van der Waals surface area contributed by atoms with E-state index in [1.54, 1.807) is 0 Å². The van der Waals surface area contributed by atoms with E-state index in [2.05, 4.69) is 4.74 Å². The number of rotatable bonds is 10. The van der Waals surface area contributed by atoms with E-state index in [-0.39, 0.29) is 22.5 Å². The van der Waals surface area contributed by atoms with Crippen molar-refractivity contribution >= 4 is 23.3 Å². The number of non-ortho nitro benzene ring substituents is 2. The summed E-state index contributed by atoms with van der Waals surface area (Å²) in [6.07, 6.45) is -10.8. The highest BCUT2D eigenvalue weighted by Crippen LogP contribution is 2.29. The van der Waals surface area contributed by atoms with E-state index in [9.17, 15) is 38.6 Å². The van der Waals surface area contributed by atoms with Crippen LogP contribution in [0.15, 0.2) is 48.5 Å². The average Bonchev–Trinajstić information content (AvgIpc) is 3.49. The van der Waals surface area contributed by atoms with Gasteiger partial charge in [0.15, 0.2) is 31.0 Å². The Bertz CT molecular complexity index is 1280. The SMILES string of the molecule is COC1O[C@H](CO)[C@@H](O)[C@@H]1F.COC1O[C@H](COC(=O)c2ccc([N+](=O)[O-])cc2)[C@@H](OC(=O)c2ccc([N+](=O)[O-])cc2)[C@@H]1F. The fraction of sp³-hybridized carbons (Fsp3) is 0.462. The highest BCUT2D eigenvalue weighted by Gasteiger charge is 2.49. The van der Waals surface area contributed by atoms with Crippen LogP contribution in [-0.2, 0) is 28.4 Å². The smallest absolute Gasteiger partial charge is 0.338 e. The van der Waals surface area contributed by atoms with Gasteiger partial charge in [0.1, 0.15) is 24.9 Å². The summed E-state index contributed by atoms with van der Waals surface area (Å²) in [7, 11) is 2.46. The predicted molar refractivity (Wildman–Crippen MR) is 140 cm³/mol. The molecule has 0 saturated carbocycles. The van der Waals surface area contributed by atoms with Crippen LogP contribution in [0.25, 0.3) is 0 Å². The standard InChI is InChI=1S/C20H17FN2O10.C6H11FO4/c1-30-20-16(21)17(33-19(25)12-4-8-14(9-5-12)23(28)29)15(32-20)10-31-18(24)11-2-6-13(7-3-11)22(26)27;1-10-6-4(7)5(9)3(2-8)11-6/h2-9,15-17,20H,10H2,1H3;3-6,8-9H,2H2,1H3/t15-,16+,17-,20?;3-,4+,5-,6?/m11/s1. The third-order valence-corrected chi connectivity index (χ3v) is 6.42. The summed E-state index contributed by atoms with van der Waals surface area (Å²) in [6.45, 7) is -0.907. The summed E-state index contributed by atoms with van der Waals surface area (Å²) in [4.78, 5) is 44.8. The molecule has 18 heteroatoms. The lowest BCUT2D eigenvalue weighted by Gasteiger charge is -2.19. The van der Waals surface area contributed by atoms with Crippen molar-refractivity contribution in [1.29, 1.82) is 0 Å². The van der Waals surface area contributed by atoms with Crippen LogP contribution in [0.5, 0.6) is 0 Å². The maximum atomic E-state index is 14.7. The highest BCUT2D eigenvalue weighted by molar-refractivity contribution is 5.90. The molecule has 8 atom stereocenters. The van der Waals surface area contributed by atoms with Gasteiger partial charge in [-0.2, -0.15) is 0 Å². The van der Waals surface area contributed by atoms with Crippen LogP contribution in [0, 0.1) is 20.2 Å². The first-order chi connectivity index (χ1) is 20.9. The predicted octanol–water partition coefficient (Wildman–Crippen LogP) is 1.64. The zero-order valence-corrected chi connectivity index (χ0v) is 23.1. The molecule has 4 rings (SSSR count). The van der Waals surface area contributed by atoms with Crippen LogP contribution in [0.1, 0.15) is 20.7 Å². The maximum absolute atomic E-state index is 14.7. The molecule has 2 unspecified atom stereocenters. The first-order valence-electron chi connectivity index (χ1n) is 12.7. The number of ether oxygens (including phenoxy) is 6. The van der Waals surface area contributed by atoms with E-state index >= 15 is 0 Å². The van der Waals surface area contributed by atoms with Crippen molar-refractivity contribution in [2.45, 2.75) is 49.3 Å². The molecule has 2 aliphatic heterocycles. The van der Waals surface area contributed by atoms with Crippen molar-refractivity contribution in [2.75, 3.05) is 27.4 Å². The number of hydrogen-bond donors (Lipinski definition) is 2. The molecule has 0 radical (unpaired) electrons. The van der Waals surface area contributed by atoms with Crippen molar-refractivity contribution in [3.63, 3.8) is 0 Å². The number of nitro groups is 2. The van der Waals surface area contributed by atoms with E-state index < -0.39 is 84.3 Å². The quantitative estimate of drug-likeness (QED) is 0.217. The molecule has 0 amide bonds. The maximum Gasteiger partial charge on any atom is 0.338 e. The number of nitro benzene ring substituents is 2. The van der Waals surface area contributed by atoms with Gasteiger partial charge in [0.2, 0.25) is 0 Å². The molecule has 2 heterocycles. The summed E-state index contributed by atoms with van der Waals surface area (Å²) in [6, 6.07) is 9.12. The van der Waals surface area contributed by atoms with E-state index in [1.807, 2.05) is 0 Å². The number of methoxy groups -OCH3 is 2.